The van der Waals surface area contributed by atoms with Crippen LogP contribution in [-0.4, -0.2) is 15.0 Å². The molecule has 0 N–H and O–H groups in total. The zero-order valence-corrected chi connectivity index (χ0v) is 12.0. The van der Waals surface area contributed by atoms with Crippen molar-refractivity contribution in [3.63, 3.8) is 0 Å². The number of hydrogen-bond donors (Lipinski definition) is 0. The minimum absolute atomic E-state index is 0.276. The van der Waals surface area contributed by atoms with Crippen molar-refractivity contribution in [2.45, 2.75) is 43.9 Å². The average molecular weight is 286 g/mol. The molecule has 3 nitrogen and oxygen atoms in total. The van der Waals surface area contributed by atoms with Gasteiger partial charge in [-0.25, -0.2) is 9.97 Å². The van der Waals surface area contributed by atoms with Gasteiger partial charge < -0.3 is 0 Å². The molecular formula is C16H16ClN3. The van der Waals surface area contributed by atoms with Crippen LogP contribution in [-0.2, 0) is 6.42 Å². The molecule has 1 saturated carbocycles. The van der Waals surface area contributed by atoms with Crippen LogP contribution in [0, 0.1) is 0 Å². The summed E-state index contributed by atoms with van der Waals surface area (Å²) in [7, 11) is 0. The molecule has 0 aliphatic heterocycles. The first-order valence-electron chi connectivity index (χ1n) is 7.29. The van der Waals surface area contributed by atoms with E-state index < -0.39 is 0 Å². The third kappa shape index (κ3) is 2.20. The molecule has 0 amide bonds. The first kappa shape index (κ1) is 12.3. The number of halogens is 1. The van der Waals surface area contributed by atoms with Crippen molar-refractivity contribution in [2.75, 3.05) is 0 Å². The van der Waals surface area contributed by atoms with Gasteiger partial charge in [0.25, 0.3) is 0 Å². The third-order valence-electron chi connectivity index (χ3n) is 4.23. The topological polar surface area (TPSA) is 38.7 Å². The monoisotopic (exact) mass is 285 g/mol. The Morgan fingerprint density at radius 1 is 1.15 bits per heavy atom. The number of pyridine rings is 1. The van der Waals surface area contributed by atoms with Gasteiger partial charge in [-0.05, 0) is 49.8 Å². The van der Waals surface area contributed by atoms with Crippen molar-refractivity contribution in [1.29, 1.82) is 0 Å². The predicted molar refractivity (Wildman–Crippen MR) is 78.0 cm³/mol. The Morgan fingerprint density at radius 3 is 2.90 bits per heavy atom. The lowest BCUT2D eigenvalue weighted by Crippen LogP contribution is -2.15. The van der Waals surface area contributed by atoms with E-state index in [1.54, 1.807) is 0 Å². The van der Waals surface area contributed by atoms with Gasteiger partial charge in [0.2, 0.25) is 0 Å². The maximum atomic E-state index is 6.20. The highest BCUT2D eigenvalue weighted by Gasteiger charge is 2.30. The third-order valence-corrected chi connectivity index (χ3v) is 4.42. The van der Waals surface area contributed by atoms with Crippen LogP contribution >= 0.6 is 11.6 Å². The van der Waals surface area contributed by atoms with E-state index in [0.29, 0.717) is 11.1 Å². The summed E-state index contributed by atoms with van der Waals surface area (Å²) in [4.78, 5) is 13.8. The molecule has 4 rings (SSSR count). The number of fused-ring (bicyclic) bond motifs is 1. The van der Waals surface area contributed by atoms with Crippen LogP contribution in [0.3, 0.4) is 0 Å². The molecule has 102 valence electrons. The van der Waals surface area contributed by atoms with Crippen LogP contribution in [0.15, 0.2) is 24.4 Å². The molecule has 1 atom stereocenters. The number of aromatic nitrogens is 3. The van der Waals surface area contributed by atoms with E-state index in [0.717, 1.165) is 24.4 Å². The highest BCUT2D eigenvalue weighted by Crippen LogP contribution is 2.40. The number of rotatable bonds is 2. The number of nitrogens with zero attached hydrogens (tertiary/aromatic N) is 3. The van der Waals surface area contributed by atoms with E-state index in [9.17, 15) is 0 Å². The fraction of sp³-hybridized carbons (Fsp3) is 0.438. The first-order chi connectivity index (χ1) is 9.81. The second-order valence-electron chi connectivity index (χ2n) is 5.74. The quantitative estimate of drug-likeness (QED) is 0.786. The maximum Gasteiger partial charge on any atom is 0.133 e. The zero-order valence-electron chi connectivity index (χ0n) is 11.2. The minimum Gasteiger partial charge on any atom is -0.260 e. The lowest BCUT2D eigenvalue weighted by Gasteiger charge is -2.24. The van der Waals surface area contributed by atoms with Crippen LogP contribution in [0.25, 0.3) is 0 Å². The van der Waals surface area contributed by atoms with Gasteiger partial charge in [0.1, 0.15) is 11.0 Å². The summed E-state index contributed by atoms with van der Waals surface area (Å²) >= 11 is 6.20. The van der Waals surface area contributed by atoms with Crippen molar-refractivity contribution in [3.05, 3.63) is 52.3 Å². The van der Waals surface area contributed by atoms with Crippen molar-refractivity contribution in [1.82, 2.24) is 15.0 Å². The number of hydrogen-bond acceptors (Lipinski definition) is 3. The van der Waals surface area contributed by atoms with Gasteiger partial charge in [-0.3, -0.25) is 4.98 Å². The fourth-order valence-corrected chi connectivity index (χ4v) is 3.25. The Morgan fingerprint density at radius 2 is 2.05 bits per heavy atom. The van der Waals surface area contributed by atoms with Crippen LogP contribution in [0.2, 0.25) is 5.15 Å². The Kier molecular flexibility index (Phi) is 2.95. The fourth-order valence-electron chi connectivity index (χ4n) is 3.05. The van der Waals surface area contributed by atoms with Gasteiger partial charge >= 0.3 is 0 Å². The number of aryl methyl sites for hydroxylation is 1. The molecule has 1 unspecified atom stereocenters. The highest BCUT2D eigenvalue weighted by atomic mass is 35.5. The standard InChI is InChI=1S/C16H16ClN3/c17-14-9-13(19-16(20-14)11-6-7-11)12-5-1-3-10-4-2-8-18-15(10)12/h2,4,8-9,11-12H,1,3,5-7H2. The Hall–Kier alpha value is -1.48. The minimum atomic E-state index is 0.276. The van der Waals surface area contributed by atoms with Crippen LogP contribution in [0.5, 0.6) is 0 Å². The van der Waals surface area contributed by atoms with Gasteiger partial charge in [0.15, 0.2) is 0 Å². The van der Waals surface area contributed by atoms with Gasteiger partial charge in [0.05, 0.1) is 11.4 Å². The Labute approximate surface area is 123 Å². The molecule has 0 aromatic carbocycles. The van der Waals surface area contributed by atoms with Gasteiger partial charge in [0, 0.05) is 18.0 Å². The largest absolute Gasteiger partial charge is 0.260 e. The van der Waals surface area contributed by atoms with E-state index in [1.807, 2.05) is 18.3 Å². The summed E-state index contributed by atoms with van der Waals surface area (Å²) in [6.45, 7) is 0. The summed E-state index contributed by atoms with van der Waals surface area (Å²) < 4.78 is 0. The van der Waals surface area contributed by atoms with E-state index >= 15 is 0 Å². The second-order valence-corrected chi connectivity index (χ2v) is 6.13. The van der Waals surface area contributed by atoms with E-state index in [1.165, 1.54) is 30.5 Å². The van der Waals surface area contributed by atoms with Crippen molar-refractivity contribution >= 4 is 11.6 Å². The molecule has 1 fully saturated rings. The first-order valence-corrected chi connectivity index (χ1v) is 7.67. The van der Waals surface area contributed by atoms with Crippen LogP contribution in [0.1, 0.15) is 60.3 Å². The van der Waals surface area contributed by atoms with E-state index in [4.69, 9.17) is 16.6 Å². The Balaban J connectivity index is 1.78. The van der Waals surface area contributed by atoms with Gasteiger partial charge in [-0.15, -0.1) is 0 Å². The molecule has 0 bridgehead atoms. The normalized spacial score (nSPS) is 21.6. The zero-order chi connectivity index (χ0) is 13.5. The van der Waals surface area contributed by atoms with E-state index in [-0.39, 0.29) is 5.92 Å². The van der Waals surface area contributed by atoms with Gasteiger partial charge in [-0.1, -0.05) is 17.7 Å². The molecule has 0 radical (unpaired) electrons. The van der Waals surface area contributed by atoms with Crippen LogP contribution in [0.4, 0.5) is 0 Å². The van der Waals surface area contributed by atoms with Gasteiger partial charge in [-0.2, -0.15) is 0 Å². The van der Waals surface area contributed by atoms with Crippen molar-refractivity contribution in [3.8, 4) is 0 Å². The predicted octanol–water partition coefficient (Wildman–Crippen LogP) is 3.87. The van der Waals surface area contributed by atoms with Crippen molar-refractivity contribution in [2.24, 2.45) is 0 Å². The second kappa shape index (κ2) is 4.81. The summed E-state index contributed by atoms with van der Waals surface area (Å²) in [6.07, 6.45) is 7.67. The molecule has 0 spiro atoms. The maximum absolute atomic E-state index is 6.20. The molecule has 2 aromatic rings. The van der Waals surface area contributed by atoms with Crippen LogP contribution < -0.4 is 0 Å². The molecule has 0 saturated heterocycles. The molecule has 20 heavy (non-hydrogen) atoms. The average Bonchev–Trinajstić information content (AvgIpc) is 3.30. The molecule has 2 aliphatic rings. The molecule has 2 aromatic heterocycles. The summed E-state index contributed by atoms with van der Waals surface area (Å²) in [5.41, 5.74) is 3.58. The van der Waals surface area contributed by atoms with E-state index in [2.05, 4.69) is 16.0 Å². The lowest BCUT2D eigenvalue weighted by molar-refractivity contribution is 0.583. The molecular weight excluding hydrogens is 270 g/mol. The molecule has 2 aliphatic carbocycles. The highest BCUT2D eigenvalue weighted by molar-refractivity contribution is 6.29. The van der Waals surface area contributed by atoms with Crippen molar-refractivity contribution < 1.29 is 0 Å². The Bertz CT molecular complexity index is 652. The lowest BCUT2D eigenvalue weighted by atomic mass is 9.84. The molecule has 2 heterocycles. The molecule has 4 heteroatoms. The smallest absolute Gasteiger partial charge is 0.133 e. The SMILES string of the molecule is Clc1cc(C2CCCc3cccnc32)nc(C2CC2)n1. The summed E-state index contributed by atoms with van der Waals surface area (Å²) in [5.74, 6) is 1.73. The summed E-state index contributed by atoms with van der Waals surface area (Å²) in [5, 5.41) is 0.569. The summed E-state index contributed by atoms with van der Waals surface area (Å²) in [6, 6.07) is 6.12.